The number of nitrogens with zero attached hydrogens (tertiary/aromatic N) is 2. The zero-order valence-electron chi connectivity index (χ0n) is 17.3. The summed E-state index contributed by atoms with van der Waals surface area (Å²) in [7, 11) is 5.81. The van der Waals surface area contributed by atoms with Crippen LogP contribution in [0.1, 0.15) is 28.0 Å². The maximum absolute atomic E-state index is 12.6. The predicted molar refractivity (Wildman–Crippen MR) is 116 cm³/mol. The van der Waals surface area contributed by atoms with Gasteiger partial charge in [-0.1, -0.05) is 0 Å². The molecule has 0 aromatic carbocycles. The zero-order chi connectivity index (χ0) is 21.4. The minimum absolute atomic E-state index is 0.0831. The molecule has 0 radical (unpaired) electrons. The molecule has 30 heavy (non-hydrogen) atoms. The van der Waals surface area contributed by atoms with Gasteiger partial charge in [0, 0.05) is 30.1 Å². The highest BCUT2D eigenvalue weighted by atomic mass is 16.2. The van der Waals surface area contributed by atoms with Crippen molar-refractivity contribution < 1.29 is 14.4 Å². The molecule has 0 fully saturated rings. The Morgan fingerprint density at radius 2 is 1.90 bits per heavy atom. The van der Waals surface area contributed by atoms with Gasteiger partial charge >= 0.3 is 0 Å². The number of rotatable bonds is 7. The summed E-state index contributed by atoms with van der Waals surface area (Å²) in [4.78, 5) is 47.5. The van der Waals surface area contributed by atoms with E-state index in [2.05, 4.69) is 20.2 Å². The lowest BCUT2D eigenvalue weighted by atomic mass is 9.84. The van der Waals surface area contributed by atoms with Crippen LogP contribution < -0.4 is 5.32 Å². The SMILES string of the molecule is CNCCc1c[nH]c2c1C(=O)C(=O)C=C2C1=C2N=CC(CCN(C)C)=C2C(=O)C=C1. The number of carbonyl (C=O) groups is 3. The molecule has 0 saturated heterocycles. The molecule has 2 heterocycles. The van der Waals surface area contributed by atoms with E-state index >= 15 is 0 Å². The molecule has 1 aromatic heterocycles. The van der Waals surface area contributed by atoms with Crippen LogP contribution in [0.3, 0.4) is 0 Å². The standard InChI is InChI=1S/C23H24N4O3/c1-24-8-6-13-11-26-22-16(10-18(29)23(30)20(13)22)15-4-5-17(28)19-14(7-9-27(2)3)12-25-21(15)19/h4-5,10-12,24,26H,6-9H2,1-3H3. The third-order valence-corrected chi connectivity index (χ3v) is 5.53. The van der Waals surface area contributed by atoms with E-state index in [-0.39, 0.29) is 5.78 Å². The van der Waals surface area contributed by atoms with Gasteiger partial charge in [0.2, 0.25) is 11.6 Å². The van der Waals surface area contributed by atoms with Gasteiger partial charge in [-0.05, 0) is 69.9 Å². The smallest absolute Gasteiger partial charge is 0.235 e. The van der Waals surface area contributed by atoms with Gasteiger partial charge in [-0.3, -0.25) is 19.4 Å². The summed E-state index contributed by atoms with van der Waals surface area (Å²) in [5, 5.41) is 3.06. The van der Waals surface area contributed by atoms with Crippen LogP contribution in [0.5, 0.6) is 0 Å². The second-order valence-electron chi connectivity index (χ2n) is 7.84. The molecule has 3 aliphatic rings. The normalized spacial score (nSPS) is 18.0. The van der Waals surface area contributed by atoms with E-state index in [0.29, 0.717) is 53.1 Å². The number of allylic oxidation sites excluding steroid dienone is 6. The summed E-state index contributed by atoms with van der Waals surface area (Å²) < 4.78 is 0. The Balaban J connectivity index is 1.80. The third kappa shape index (κ3) is 3.36. The number of aromatic nitrogens is 1. The van der Waals surface area contributed by atoms with Crippen molar-refractivity contribution in [2.24, 2.45) is 4.99 Å². The third-order valence-electron chi connectivity index (χ3n) is 5.53. The quantitative estimate of drug-likeness (QED) is 0.674. The van der Waals surface area contributed by atoms with Crippen molar-refractivity contribution in [2.45, 2.75) is 12.8 Å². The van der Waals surface area contributed by atoms with Crippen molar-refractivity contribution in [1.82, 2.24) is 15.2 Å². The molecule has 0 amide bonds. The van der Waals surface area contributed by atoms with E-state index in [1.54, 1.807) is 18.5 Å². The summed E-state index contributed by atoms with van der Waals surface area (Å²) in [6.45, 7) is 1.50. The van der Waals surface area contributed by atoms with Crippen molar-refractivity contribution in [3.63, 3.8) is 0 Å². The van der Waals surface area contributed by atoms with Crippen LogP contribution in [0, 0.1) is 0 Å². The minimum Gasteiger partial charge on any atom is -0.360 e. The van der Waals surface area contributed by atoms with Gasteiger partial charge in [-0.15, -0.1) is 0 Å². The maximum atomic E-state index is 12.6. The largest absolute Gasteiger partial charge is 0.360 e. The molecule has 0 spiro atoms. The molecule has 2 aliphatic carbocycles. The average Bonchev–Trinajstić information content (AvgIpc) is 3.33. The summed E-state index contributed by atoms with van der Waals surface area (Å²) in [6.07, 6.45) is 9.44. The molecule has 0 bridgehead atoms. The van der Waals surface area contributed by atoms with Crippen LogP contribution in [-0.4, -0.2) is 67.7 Å². The highest BCUT2D eigenvalue weighted by Gasteiger charge is 2.34. The number of ketones is 3. The van der Waals surface area contributed by atoms with Crippen LogP contribution in [0.25, 0.3) is 5.57 Å². The summed E-state index contributed by atoms with van der Waals surface area (Å²) >= 11 is 0. The van der Waals surface area contributed by atoms with Gasteiger partial charge in [0.25, 0.3) is 0 Å². The molecule has 0 saturated carbocycles. The number of carbonyl (C=O) groups excluding carboxylic acids is 3. The van der Waals surface area contributed by atoms with Crippen LogP contribution in [0.2, 0.25) is 0 Å². The number of likely N-dealkylation sites (N-methyl/N-ethyl adjacent to an activating group) is 1. The number of aromatic amines is 1. The Bertz CT molecular complexity index is 1110. The molecule has 154 valence electrons. The van der Waals surface area contributed by atoms with Crippen molar-refractivity contribution in [3.8, 4) is 0 Å². The lowest BCUT2D eigenvalue weighted by molar-refractivity contribution is -0.111. The van der Waals surface area contributed by atoms with E-state index in [0.717, 1.165) is 17.7 Å². The number of H-pyrrole nitrogens is 1. The average molecular weight is 404 g/mol. The second kappa shape index (κ2) is 7.93. The minimum atomic E-state index is -0.554. The number of aliphatic imine (C=N–C) groups is 1. The first-order valence-corrected chi connectivity index (χ1v) is 9.97. The topological polar surface area (TPSA) is 94.6 Å². The summed E-state index contributed by atoms with van der Waals surface area (Å²) in [5.41, 5.74) is 5.19. The Morgan fingerprint density at radius 3 is 2.63 bits per heavy atom. The highest BCUT2D eigenvalue weighted by Crippen LogP contribution is 2.40. The first-order chi connectivity index (χ1) is 14.4. The Kier molecular flexibility index (Phi) is 5.32. The second-order valence-corrected chi connectivity index (χ2v) is 7.84. The zero-order valence-corrected chi connectivity index (χ0v) is 17.3. The van der Waals surface area contributed by atoms with Gasteiger partial charge in [-0.2, -0.15) is 0 Å². The molecular formula is C23H24N4O3. The number of fused-ring (bicyclic) bond motifs is 2. The molecule has 1 aliphatic heterocycles. The van der Waals surface area contributed by atoms with Gasteiger partial charge in [0.15, 0.2) is 5.78 Å². The van der Waals surface area contributed by atoms with Crippen LogP contribution in [0.15, 0.2) is 51.8 Å². The van der Waals surface area contributed by atoms with Crippen LogP contribution in [-0.2, 0) is 16.0 Å². The van der Waals surface area contributed by atoms with Crippen molar-refractivity contribution in [1.29, 1.82) is 0 Å². The first-order valence-electron chi connectivity index (χ1n) is 9.97. The Morgan fingerprint density at radius 1 is 1.10 bits per heavy atom. The van der Waals surface area contributed by atoms with E-state index in [4.69, 9.17) is 0 Å². The van der Waals surface area contributed by atoms with E-state index < -0.39 is 11.6 Å². The molecular weight excluding hydrogens is 380 g/mol. The number of Topliss-reactive ketones (excluding diaryl/α,β-unsaturated/α-hetero) is 1. The van der Waals surface area contributed by atoms with Gasteiger partial charge < -0.3 is 15.2 Å². The number of nitrogens with one attached hydrogen (secondary N) is 2. The molecule has 7 nitrogen and oxygen atoms in total. The van der Waals surface area contributed by atoms with Gasteiger partial charge in [-0.25, -0.2) is 0 Å². The van der Waals surface area contributed by atoms with E-state index in [1.165, 1.54) is 12.2 Å². The highest BCUT2D eigenvalue weighted by molar-refractivity contribution is 6.51. The number of hydrogen-bond donors (Lipinski definition) is 2. The molecule has 4 rings (SSSR count). The molecule has 0 atom stereocenters. The Labute approximate surface area is 174 Å². The van der Waals surface area contributed by atoms with E-state index in [9.17, 15) is 14.4 Å². The van der Waals surface area contributed by atoms with Crippen molar-refractivity contribution >= 4 is 29.1 Å². The van der Waals surface area contributed by atoms with Crippen molar-refractivity contribution in [2.75, 3.05) is 34.2 Å². The molecule has 0 unspecified atom stereocenters. The van der Waals surface area contributed by atoms with Crippen LogP contribution >= 0.6 is 0 Å². The molecule has 7 heteroatoms. The van der Waals surface area contributed by atoms with E-state index in [1.807, 2.05) is 21.1 Å². The van der Waals surface area contributed by atoms with Crippen LogP contribution in [0.4, 0.5) is 0 Å². The fraction of sp³-hybridized carbons (Fsp3) is 0.304. The summed E-state index contributed by atoms with van der Waals surface area (Å²) in [6, 6.07) is 0. The van der Waals surface area contributed by atoms with Gasteiger partial charge in [0.1, 0.15) is 0 Å². The van der Waals surface area contributed by atoms with Gasteiger partial charge in [0.05, 0.1) is 22.5 Å². The lowest BCUT2D eigenvalue weighted by Gasteiger charge is -2.19. The lowest BCUT2D eigenvalue weighted by Crippen LogP contribution is -2.21. The molecule has 2 N–H and O–H groups in total. The maximum Gasteiger partial charge on any atom is 0.235 e. The molecule has 1 aromatic rings. The fourth-order valence-electron chi connectivity index (χ4n) is 3.97. The predicted octanol–water partition coefficient (Wildman–Crippen LogP) is 1.65. The van der Waals surface area contributed by atoms with Crippen molar-refractivity contribution in [3.05, 3.63) is 63.7 Å². The first kappa shape index (κ1) is 20.1. The fourth-order valence-corrected chi connectivity index (χ4v) is 3.97. The Hall–Kier alpha value is -3.16. The monoisotopic (exact) mass is 404 g/mol. The summed E-state index contributed by atoms with van der Waals surface area (Å²) in [5.74, 6) is -1.14. The number of hydrogen-bond acceptors (Lipinski definition) is 6.